The Bertz CT molecular complexity index is 1340. The summed E-state index contributed by atoms with van der Waals surface area (Å²) in [6, 6.07) is 14.6. The Morgan fingerprint density at radius 3 is 2.53 bits per heavy atom. The number of pyridine rings is 2. The van der Waals surface area contributed by atoms with Crippen molar-refractivity contribution in [1.29, 1.82) is 0 Å². The molecule has 1 aliphatic heterocycles. The maximum Gasteiger partial charge on any atom is 0.137 e. The Labute approximate surface area is 188 Å². The first-order chi connectivity index (χ1) is 15.7. The van der Waals surface area contributed by atoms with Crippen LogP contribution >= 0.6 is 0 Å². The lowest BCUT2D eigenvalue weighted by Crippen LogP contribution is -2.34. The summed E-state index contributed by atoms with van der Waals surface area (Å²) in [7, 11) is 0. The molecule has 3 aromatic heterocycles. The number of ether oxygens (including phenoxy) is 1. The average Bonchev–Trinajstić information content (AvgIpc) is 3.26. The molecular formula is C27H24N4O. The smallest absolute Gasteiger partial charge is 0.137 e. The van der Waals surface area contributed by atoms with Gasteiger partial charge in [0.05, 0.1) is 19.4 Å². The number of fused-ring (bicyclic) bond motifs is 1. The van der Waals surface area contributed by atoms with E-state index in [9.17, 15) is 0 Å². The van der Waals surface area contributed by atoms with Crippen molar-refractivity contribution in [2.75, 3.05) is 26.3 Å². The maximum absolute atomic E-state index is 5.45. The highest BCUT2D eigenvalue weighted by atomic mass is 16.5. The minimum Gasteiger partial charge on any atom is -0.378 e. The van der Waals surface area contributed by atoms with Crippen LogP contribution in [-0.2, 0) is 4.74 Å². The van der Waals surface area contributed by atoms with Crippen LogP contribution in [0.25, 0.3) is 22.5 Å². The van der Waals surface area contributed by atoms with E-state index in [1.54, 1.807) is 6.20 Å². The zero-order valence-corrected chi connectivity index (χ0v) is 18.1. The zero-order valence-electron chi connectivity index (χ0n) is 18.1. The number of aromatic nitrogens is 3. The molecule has 0 saturated carbocycles. The van der Waals surface area contributed by atoms with E-state index in [4.69, 9.17) is 4.74 Å². The van der Waals surface area contributed by atoms with Crippen molar-refractivity contribution in [2.45, 2.75) is 6.92 Å². The first-order valence-corrected chi connectivity index (χ1v) is 10.7. The Balaban J connectivity index is 1.42. The Morgan fingerprint density at radius 2 is 1.75 bits per heavy atom. The van der Waals surface area contributed by atoms with E-state index in [0.717, 1.165) is 71.2 Å². The molecule has 5 heteroatoms. The van der Waals surface area contributed by atoms with Crippen molar-refractivity contribution in [3.05, 3.63) is 96.2 Å². The largest absolute Gasteiger partial charge is 0.378 e. The van der Waals surface area contributed by atoms with Crippen LogP contribution in [0.5, 0.6) is 0 Å². The molecule has 158 valence electrons. The minimum absolute atomic E-state index is 0.758. The van der Waals surface area contributed by atoms with Crippen LogP contribution in [0.3, 0.4) is 0 Å². The number of imidazole rings is 1. The molecule has 1 saturated heterocycles. The van der Waals surface area contributed by atoms with Crippen molar-refractivity contribution < 1.29 is 4.74 Å². The van der Waals surface area contributed by atoms with Gasteiger partial charge in [-0.2, -0.15) is 0 Å². The summed E-state index contributed by atoms with van der Waals surface area (Å²) in [5.41, 5.74) is 8.21. The maximum atomic E-state index is 5.45. The summed E-state index contributed by atoms with van der Waals surface area (Å²) >= 11 is 0. The van der Waals surface area contributed by atoms with Gasteiger partial charge in [0.1, 0.15) is 11.3 Å². The summed E-state index contributed by atoms with van der Waals surface area (Å²) in [5.74, 6) is 6.50. The fourth-order valence-corrected chi connectivity index (χ4v) is 3.86. The highest BCUT2D eigenvalue weighted by Crippen LogP contribution is 2.25. The molecule has 0 unspecified atom stereocenters. The van der Waals surface area contributed by atoms with Gasteiger partial charge in [0.2, 0.25) is 0 Å². The third-order valence-electron chi connectivity index (χ3n) is 5.80. The number of morpholine rings is 1. The standard InChI is InChI=1S/C27H24N4O/c1-20-17-28-12-11-22(20)7-9-26-18-29-27-10-8-25(19-31(26)27)24-5-3-23(4-6-24)21(2)30-13-15-32-16-14-30/h3-6,8,10-12,17-19H,2,13-16H2,1H3. The van der Waals surface area contributed by atoms with Gasteiger partial charge in [-0.05, 0) is 53.3 Å². The Hall–Kier alpha value is -3.88. The molecule has 0 bridgehead atoms. The molecule has 5 rings (SSSR count). The van der Waals surface area contributed by atoms with E-state index >= 15 is 0 Å². The van der Waals surface area contributed by atoms with E-state index in [2.05, 4.69) is 69.8 Å². The Kier molecular flexibility index (Phi) is 5.45. The second-order valence-electron chi connectivity index (χ2n) is 7.85. The van der Waals surface area contributed by atoms with Crippen molar-refractivity contribution in [2.24, 2.45) is 0 Å². The van der Waals surface area contributed by atoms with Gasteiger partial charge in [-0.25, -0.2) is 4.98 Å². The highest BCUT2D eigenvalue weighted by molar-refractivity contribution is 5.69. The molecule has 1 fully saturated rings. The van der Waals surface area contributed by atoms with Crippen LogP contribution in [0.15, 0.2) is 73.8 Å². The van der Waals surface area contributed by atoms with Crippen molar-refractivity contribution in [3.8, 4) is 23.0 Å². The molecule has 4 heterocycles. The summed E-state index contributed by atoms with van der Waals surface area (Å²) in [4.78, 5) is 10.9. The van der Waals surface area contributed by atoms with Gasteiger partial charge in [0.25, 0.3) is 0 Å². The van der Waals surface area contributed by atoms with Crippen LogP contribution in [0, 0.1) is 18.8 Å². The van der Waals surface area contributed by atoms with E-state index in [1.165, 1.54) is 0 Å². The lowest BCUT2D eigenvalue weighted by Gasteiger charge is -2.30. The van der Waals surface area contributed by atoms with Gasteiger partial charge in [-0.15, -0.1) is 0 Å². The predicted octanol–water partition coefficient (Wildman–Crippen LogP) is 4.41. The average molecular weight is 421 g/mol. The molecule has 0 N–H and O–H groups in total. The third kappa shape index (κ3) is 4.01. The van der Waals surface area contributed by atoms with Gasteiger partial charge in [-0.3, -0.25) is 9.38 Å². The predicted molar refractivity (Wildman–Crippen MR) is 127 cm³/mol. The second-order valence-corrected chi connectivity index (χ2v) is 7.85. The van der Waals surface area contributed by atoms with Crippen LogP contribution < -0.4 is 0 Å². The summed E-state index contributed by atoms with van der Waals surface area (Å²) < 4.78 is 7.49. The van der Waals surface area contributed by atoms with Crippen LogP contribution in [0.4, 0.5) is 0 Å². The lowest BCUT2D eigenvalue weighted by molar-refractivity contribution is 0.0641. The van der Waals surface area contributed by atoms with Crippen molar-refractivity contribution >= 4 is 11.3 Å². The molecule has 1 aliphatic rings. The first-order valence-electron chi connectivity index (χ1n) is 10.7. The lowest BCUT2D eigenvalue weighted by atomic mass is 10.0. The van der Waals surface area contributed by atoms with Crippen LogP contribution in [0.2, 0.25) is 0 Å². The van der Waals surface area contributed by atoms with E-state index in [1.807, 2.05) is 35.9 Å². The van der Waals surface area contributed by atoms with Gasteiger partial charge in [0, 0.05) is 42.9 Å². The van der Waals surface area contributed by atoms with Crippen LogP contribution in [-0.4, -0.2) is 45.6 Å². The number of hydrogen-bond acceptors (Lipinski definition) is 4. The first kappa shape index (κ1) is 20.0. The summed E-state index contributed by atoms with van der Waals surface area (Å²) in [5, 5.41) is 0. The molecule has 0 aliphatic carbocycles. The fraction of sp³-hybridized carbons (Fsp3) is 0.185. The quantitative estimate of drug-likeness (QED) is 0.461. The fourth-order valence-electron chi connectivity index (χ4n) is 3.86. The summed E-state index contributed by atoms with van der Waals surface area (Å²) in [6.45, 7) is 9.60. The molecule has 4 aromatic rings. The molecule has 0 amide bonds. The molecular weight excluding hydrogens is 396 g/mol. The second kappa shape index (κ2) is 8.70. The van der Waals surface area contributed by atoms with E-state index in [0.29, 0.717) is 0 Å². The topological polar surface area (TPSA) is 42.7 Å². The zero-order chi connectivity index (χ0) is 21.9. The van der Waals surface area contributed by atoms with Crippen LogP contribution in [0.1, 0.15) is 22.4 Å². The molecule has 0 spiro atoms. The van der Waals surface area contributed by atoms with Gasteiger partial charge < -0.3 is 9.64 Å². The molecule has 0 atom stereocenters. The Morgan fingerprint density at radius 1 is 0.969 bits per heavy atom. The van der Waals surface area contributed by atoms with Crippen molar-refractivity contribution in [3.63, 3.8) is 0 Å². The number of rotatable bonds is 3. The third-order valence-corrected chi connectivity index (χ3v) is 5.80. The SMILES string of the molecule is C=C(c1ccc(-c2ccc3ncc(C#Cc4ccncc4C)n3c2)cc1)N1CCOCC1. The molecule has 0 radical (unpaired) electrons. The minimum atomic E-state index is 0.758. The summed E-state index contributed by atoms with van der Waals surface area (Å²) in [6.07, 6.45) is 7.50. The molecule has 1 aromatic carbocycles. The molecule has 32 heavy (non-hydrogen) atoms. The van der Waals surface area contributed by atoms with E-state index in [-0.39, 0.29) is 0 Å². The number of nitrogens with zero attached hydrogens (tertiary/aromatic N) is 4. The monoisotopic (exact) mass is 420 g/mol. The molecule has 5 nitrogen and oxygen atoms in total. The van der Waals surface area contributed by atoms with Crippen molar-refractivity contribution in [1.82, 2.24) is 19.3 Å². The van der Waals surface area contributed by atoms with Gasteiger partial charge in [0.15, 0.2) is 0 Å². The number of benzene rings is 1. The highest BCUT2D eigenvalue weighted by Gasteiger charge is 2.13. The number of aryl methyl sites for hydroxylation is 1. The number of hydrogen-bond donors (Lipinski definition) is 0. The van der Waals surface area contributed by atoms with E-state index < -0.39 is 0 Å². The normalized spacial score (nSPS) is 13.6. The van der Waals surface area contributed by atoms with Gasteiger partial charge >= 0.3 is 0 Å². The van der Waals surface area contributed by atoms with Gasteiger partial charge in [-0.1, -0.05) is 36.8 Å².